The van der Waals surface area contributed by atoms with Crippen LogP contribution in [0.5, 0.6) is 5.75 Å². The highest BCUT2D eigenvalue weighted by molar-refractivity contribution is 6.30. The van der Waals surface area contributed by atoms with E-state index in [0.717, 1.165) is 0 Å². The van der Waals surface area contributed by atoms with Crippen LogP contribution in [0.2, 0.25) is 5.02 Å². The van der Waals surface area contributed by atoms with Gasteiger partial charge in [0.15, 0.2) is 0 Å². The predicted molar refractivity (Wildman–Crippen MR) is 122 cm³/mol. The van der Waals surface area contributed by atoms with Gasteiger partial charge in [0.1, 0.15) is 25.1 Å². The monoisotopic (exact) mass is 473 g/mol. The molecule has 1 heterocycles. The Morgan fingerprint density at radius 1 is 1.06 bits per heavy atom. The third kappa shape index (κ3) is 5.71. The van der Waals surface area contributed by atoms with E-state index in [-0.39, 0.29) is 25.5 Å². The molecular formula is C24H24ClNO7. The zero-order chi connectivity index (χ0) is 24.1. The summed E-state index contributed by atoms with van der Waals surface area (Å²) in [7, 11) is 1.53. The fourth-order valence-electron chi connectivity index (χ4n) is 3.44. The maximum Gasteiger partial charge on any atom is 0.310 e. The second-order valence-corrected chi connectivity index (χ2v) is 7.85. The number of hydrogen-bond acceptors (Lipinski definition) is 7. The van der Waals surface area contributed by atoms with Crippen LogP contribution in [-0.4, -0.2) is 53.9 Å². The first kappa shape index (κ1) is 24.3. The molecule has 1 N–H and O–H groups in total. The summed E-state index contributed by atoms with van der Waals surface area (Å²) in [6.45, 7) is 2.37. The molecule has 0 bridgehead atoms. The summed E-state index contributed by atoms with van der Waals surface area (Å²) in [6, 6.07) is 11.8. The van der Waals surface area contributed by atoms with Gasteiger partial charge in [0.2, 0.25) is 0 Å². The van der Waals surface area contributed by atoms with Crippen molar-refractivity contribution in [2.24, 2.45) is 0 Å². The molecule has 0 aliphatic carbocycles. The number of aliphatic hydroxyl groups is 1. The minimum absolute atomic E-state index is 0.128. The molecule has 2 aromatic carbocycles. The number of aromatic nitrogens is 1. The van der Waals surface area contributed by atoms with E-state index in [1.165, 1.54) is 18.6 Å². The SMILES string of the molecule is COc1ccc2c(c1)c(CC(=O)OCC(O)COC(C)=O)c(C)n2C(=O)c1ccc(Cl)cc1. The van der Waals surface area contributed by atoms with Gasteiger partial charge in [-0.15, -0.1) is 0 Å². The highest BCUT2D eigenvalue weighted by atomic mass is 35.5. The normalized spacial score (nSPS) is 11.8. The molecule has 0 radical (unpaired) electrons. The molecule has 0 saturated heterocycles. The molecule has 0 aliphatic rings. The Labute approximate surface area is 195 Å². The second kappa shape index (κ2) is 10.5. The number of methoxy groups -OCH3 is 1. The fourth-order valence-corrected chi connectivity index (χ4v) is 3.57. The summed E-state index contributed by atoms with van der Waals surface area (Å²) in [5.74, 6) is -0.829. The molecule has 1 atom stereocenters. The van der Waals surface area contributed by atoms with Gasteiger partial charge in [-0.25, -0.2) is 0 Å². The van der Waals surface area contributed by atoms with Crippen LogP contribution in [-0.2, 0) is 25.5 Å². The zero-order valence-electron chi connectivity index (χ0n) is 18.5. The minimum Gasteiger partial charge on any atom is -0.497 e. The van der Waals surface area contributed by atoms with Gasteiger partial charge in [0.05, 0.1) is 19.0 Å². The molecule has 33 heavy (non-hydrogen) atoms. The minimum atomic E-state index is -1.13. The maximum atomic E-state index is 13.3. The number of nitrogens with zero attached hydrogens (tertiary/aromatic N) is 1. The lowest BCUT2D eigenvalue weighted by Gasteiger charge is -2.11. The van der Waals surface area contributed by atoms with Crippen LogP contribution >= 0.6 is 11.6 Å². The molecule has 174 valence electrons. The van der Waals surface area contributed by atoms with E-state index < -0.39 is 18.0 Å². The molecule has 0 saturated carbocycles. The number of fused-ring (bicyclic) bond motifs is 1. The second-order valence-electron chi connectivity index (χ2n) is 7.41. The van der Waals surface area contributed by atoms with Gasteiger partial charge in [-0.1, -0.05) is 11.6 Å². The average molecular weight is 474 g/mol. The molecule has 0 spiro atoms. The number of carbonyl (C=O) groups excluding carboxylic acids is 3. The van der Waals surface area contributed by atoms with Crippen molar-refractivity contribution in [3.8, 4) is 5.75 Å². The molecule has 0 fully saturated rings. The van der Waals surface area contributed by atoms with Gasteiger partial charge in [-0.2, -0.15) is 0 Å². The first-order chi connectivity index (χ1) is 15.7. The Bertz CT molecular complexity index is 1180. The Balaban J connectivity index is 1.90. The first-order valence-corrected chi connectivity index (χ1v) is 10.5. The lowest BCUT2D eigenvalue weighted by Crippen LogP contribution is -2.25. The van der Waals surface area contributed by atoms with Crippen LogP contribution in [0.3, 0.4) is 0 Å². The summed E-state index contributed by atoms with van der Waals surface area (Å²) >= 11 is 5.94. The van der Waals surface area contributed by atoms with Crippen molar-refractivity contribution in [1.29, 1.82) is 0 Å². The molecule has 8 nitrogen and oxygen atoms in total. The molecular weight excluding hydrogens is 450 g/mol. The van der Waals surface area contributed by atoms with Gasteiger partial charge in [0, 0.05) is 28.6 Å². The number of ether oxygens (including phenoxy) is 3. The van der Waals surface area contributed by atoms with Gasteiger partial charge in [0.25, 0.3) is 5.91 Å². The summed E-state index contributed by atoms with van der Waals surface area (Å²) in [5.41, 5.74) is 2.24. The number of aliphatic hydroxyl groups excluding tert-OH is 1. The Morgan fingerprint density at radius 3 is 2.36 bits per heavy atom. The van der Waals surface area contributed by atoms with Gasteiger partial charge < -0.3 is 19.3 Å². The van der Waals surface area contributed by atoms with E-state index in [1.807, 2.05) is 0 Å². The van der Waals surface area contributed by atoms with Crippen molar-refractivity contribution in [3.05, 3.63) is 64.3 Å². The lowest BCUT2D eigenvalue weighted by atomic mass is 10.1. The molecule has 0 amide bonds. The highest BCUT2D eigenvalue weighted by Crippen LogP contribution is 2.31. The number of hydrogen-bond donors (Lipinski definition) is 1. The van der Waals surface area contributed by atoms with Crippen molar-refractivity contribution in [3.63, 3.8) is 0 Å². The summed E-state index contributed by atoms with van der Waals surface area (Å²) in [4.78, 5) is 36.6. The smallest absolute Gasteiger partial charge is 0.310 e. The number of rotatable bonds is 8. The maximum absolute atomic E-state index is 13.3. The van der Waals surface area contributed by atoms with E-state index in [9.17, 15) is 19.5 Å². The van der Waals surface area contributed by atoms with Crippen LogP contribution in [0.1, 0.15) is 28.5 Å². The van der Waals surface area contributed by atoms with Gasteiger partial charge >= 0.3 is 11.9 Å². The van der Waals surface area contributed by atoms with E-state index >= 15 is 0 Å². The van der Waals surface area contributed by atoms with E-state index in [2.05, 4.69) is 0 Å². The number of halogens is 1. The molecule has 0 aliphatic heterocycles. The van der Waals surface area contributed by atoms with Crippen LogP contribution < -0.4 is 4.74 Å². The molecule has 1 unspecified atom stereocenters. The van der Waals surface area contributed by atoms with Crippen LogP contribution in [0, 0.1) is 6.92 Å². The number of esters is 2. The van der Waals surface area contributed by atoms with Gasteiger partial charge in [-0.05, 0) is 55.0 Å². The Morgan fingerprint density at radius 2 is 1.73 bits per heavy atom. The molecule has 1 aromatic heterocycles. The topological polar surface area (TPSA) is 104 Å². The third-order valence-electron chi connectivity index (χ3n) is 5.07. The highest BCUT2D eigenvalue weighted by Gasteiger charge is 2.23. The number of benzene rings is 2. The quantitative estimate of drug-likeness (QED) is 0.500. The van der Waals surface area contributed by atoms with Gasteiger partial charge in [-0.3, -0.25) is 19.0 Å². The molecule has 3 rings (SSSR count). The molecule has 3 aromatic rings. The zero-order valence-corrected chi connectivity index (χ0v) is 19.2. The predicted octanol–water partition coefficient (Wildman–Crippen LogP) is 3.31. The summed E-state index contributed by atoms with van der Waals surface area (Å²) in [6.07, 6.45) is -1.26. The van der Waals surface area contributed by atoms with Crippen LogP contribution in [0.25, 0.3) is 10.9 Å². The van der Waals surface area contributed by atoms with Crippen LogP contribution in [0.4, 0.5) is 0 Å². The summed E-state index contributed by atoms with van der Waals surface area (Å²) < 4.78 is 16.7. The first-order valence-electron chi connectivity index (χ1n) is 10.2. The number of carbonyl (C=O) groups is 3. The van der Waals surface area contributed by atoms with E-state index in [1.54, 1.807) is 49.4 Å². The fraction of sp³-hybridized carbons (Fsp3) is 0.292. The lowest BCUT2D eigenvalue weighted by molar-refractivity contribution is -0.150. The molecule has 9 heteroatoms. The van der Waals surface area contributed by atoms with E-state index in [4.69, 9.17) is 25.8 Å². The standard InChI is InChI=1S/C24H24ClNO7/c1-14-20(11-23(29)33-13-18(28)12-32-15(2)27)21-10-19(31-3)8-9-22(21)26(14)24(30)16-4-6-17(25)7-5-16/h4-10,18,28H,11-13H2,1-3H3. The van der Waals surface area contributed by atoms with Crippen molar-refractivity contribution in [2.45, 2.75) is 26.4 Å². The Kier molecular flexibility index (Phi) is 7.73. The van der Waals surface area contributed by atoms with Crippen molar-refractivity contribution < 1.29 is 33.7 Å². The summed E-state index contributed by atoms with van der Waals surface area (Å²) in [5, 5.41) is 11.0. The van der Waals surface area contributed by atoms with Crippen molar-refractivity contribution >= 4 is 40.3 Å². The van der Waals surface area contributed by atoms with Crippen molar-refractivity contribution in [2.75, 3.05) is 20.3 Å². The largest absolute Gasteiger partial charge is 0.497 e. The van der Waals surface area contributed by atoms with Crippen LogP contribution in [0.15, 0.2) is 42.5 Å². The Hall–Kier alpha value is -3.36. The average Bonchev–Trinajstić information content (AvgIpc) is 3.06. The van der Waals surface area contributed by atoms with E-state index in [0.29, 0.717) is 38.5 Å². The third-order valence-corrected chi connectivity index (χ3v) is 5.32. The van der Waals surface area contributed by atoms with Crippen molar-refractivity contribution in [1.82, 2.24) is 4.57 Å².